The van der Waals surface area contributed by atoms with Crippen molar-refractivity contribution >= 4 is 15.7 Å². The molecule has 1 unspecified atom stereocenters. The first kappa shape index (κ1) is 16.4. The molecule has 2 heterocycles. The number of carbonyl (C=O) groups excluding carboxylic acids is 1. The molecular formula is C16H21FN2O3S. The number of halogens is 1. The quantitative estimate of drug-likeness (QED) is 0.830. The van der Waals surface area contributed by atoms with Gasteiger partial charge in [-0.15, -0.1) is 0 Å². The standard InChI is InChI=1S/C16H21FN2O3S/c17-14-4-1-3-13(11-14)15-5-2-6-19(15)16(20)12-18-7-9-23(21,22)10-8-18/h1,3-4,11,15H,2,5-10,12H2. The third kappa shape index (κ3) is 3.90. The summed E-state index contributed by atoms with van der Waals surface area (Å²) in [5.41, 5.74) is 0.831. The molecular weight excluding hydrogens is 319 g/mol. The number of carbonyl (C=O) groups is 1. The second kappa shape index (κ2) is 6.57. The predicted octanol–water partition coefficient (Wildman–Crippen LogP) is 1.22. The minimum atomic E-state index is -2.94. The van der Waals surface area contributed by atoms with Gasteiger partial charge in [-0.25, -0.2) is 12.8 Å². The molecule has 126 valence electrons. The van der Waals surface area contributed by atoms with E-state index in [9.17, 15) is 17.6 Å². The molecule has 0 spiro atoms. The van der Waals surface area contributed by atoms with E-state index in [1.165, 1.54) is 12.1 Å². The molecule has 2 aliphatic heterocycles. The van der Waals surface area contributed by atoms with Gasteiger partial charge in [0.2, 0.25) is 5.91 Å². The molecule has 0 aliphatic carbocycles. The first-order valence-electron chi connectivity index (χ1n) is 7.92. The van der Waals surface area contributed by atoms with Crippen LogP contribution < -0.4 is 0 Å². The molecule has 0 bridgehead atoms. The average molecular weight is 340 g/mol. The lowest BCUT2D eigenvalue weighted by molar-refractivity contribution is -0.133. The van der Waals surface area contributed by atoms with E-state index >= 15 is 0 Å². The molecule has 7 heteroatoms. The summed E-state index contributed by atoms with van der Waals surface area (Å²) in [6.45, 7) is 1.73. The summed E-state index contributed by atoms with van der Waals surface area (Å²) in [5, 5.41) is 0. The Morgan fingerprint density at radius 2 is 1.96 bits per heavy atom. The SMILES string of the molecule is O=C(CN1CCS(=O)(=O)CC1)N1CCCC1c1cccc(F)c1. The summed E-state index contributed by atoms with van der Waals surface area (Å²) < 4.78 is 36.3. The molecule has 3 rings (SSSR count). The Morgan fingerprint density at radius 1 is 1.22 bits per heavy atom. The molecule has 0 N–H and O–H groups in total. The second-order valence-electron chi connectivity index (χ2n) is 6.23. The maximum atomic E-state index is 13.4. The normalized spacial score (nSPS) is 24.7. The Bertz CT molecular complexity index is 678. The van der Waals surface area contributed by atoms with Crippen LogP contribution in [0.15, 0.2) is 24.3 Å². The molecule has 0 aromatic heterocycles. The summed E-state index contributed by atoms with van der Waals surface area (Å²) >= 11 is 0. The van der Waals surface area contributed by atoms with E-state index in [2.05, 4.69) is 0 Å². The average Bonchev–Trinajstić information content (AvgIpc) is 2.99. The molecule has 1 aromatic rings. The van der Waals surface area contributed by atoms with E-state index in [-0.39, 0.29) is 35.8 Å². The first-order valence-corrected chi connectivity index (χ1v) is 9.74. The van der Waals surface area contributed by atoms with Crippen LogP contribution in [0.5, 0.6) is 0 Å². The van der Waals surface area contributed by atoms with Gasteiger partial charge in [0.1, 0.15) is 5.82 Å². The topological polar surface area (TPSA) is 57.7 Å². The van der Waals surface area contributed by atoms with Gasteiger partial charge in [-0.3, -0.25) is 9.69 Å². The van der Waals surface area contributed by atoms with Gasteiger partial charge in [-0.2, -0.15) is 0 Å². The number of nitrogens with zero attached hydrogens (tertiary/aromatic N) is 2. The van der Waals surface area contributed by atoms with Crippen molar-refractivity contribution in [3.63, 3.8) is 0 Å². The minimum absolute atomic E-state index is 0.00365. The molecule has 2 aliphatic rings. The fourth-order valence-electron chi connectivity index (χ4n) is 3.32. The fraction of sp³-hybridized carbons (Fsp3) is 0.562. The fourth-order valence-corrected chi connectivity index (χ4v) is 4.59. The molecule has 23 heavy (non-hydrogen) atoms. The van der Waals surface area contributed by atoms with Crippen LogP contribution in [0.2, 0.25) is 0 Å². The summed E-state index contributed by atoms with van der Waals surface area (Å²) in [6, 6.07) is 6.34. The van der Waals surface area contributed by atoms with Crippen molar-refractivity contribution in [2.75, 3.05) is 37.7 Å². The lowest BCUT2D eigenvalue weighted by atomic mass is 10.0. The lowest BCUT2D eigenvalue weighted by Gasteiger charge is -2.30. The van der Waals surface area contributed by atoms with Crippen LogP contribution in [0, 0.1) is 5.82 Å². The number of likely N-dealkylation sites (tertiary alicyclic amines) is 1. The van der Waals surface area contributed by atoms with Crippen LogP contribution in [0.3, 0.4) is 0 Å². The number of benzene rings is 1. The molecule has 2 saturated heterocycles. The minimum Gasteiger partial charge on any atom is -0.335 e. The van der Waals surface area contributed by atoms with Gasteiger partial charge in [0.15, 0.2) is 9.84 Å². The lowest BCUT2D eigenvalue weighted by Crippen LogP contribution is -2.46. The van der Waals surface area contributed by atoms with E-state index in [1.54, 1.807) is 11.0 Å². The highest BCUT2D eigenvalue weighted by molar-refractivity contribution is 7.91. The Balaban J connectivity index is 1.64. The largest absolute Gasteiger partial charge is 0.335 e. The summed E-state index contributed by atoms with van der Waals surface area (Å²) in [5.74, 6) is -0.0552. The zero-order chi connectivity index (χ0) is 16.4. The molecule has 1 aromatic carbocycles. The van der Waals surface area contributed by atoms with Crippen molar-refractivity contribution in [3.8, 4) is 0 Å². The molecule has 1 amide bonds. The third-order valence-corrected chi connectivity index (χ3v) is 6.21. The molecule has 5 nitrogen and oxygen atoms in total. The van der Waals surface area contributed by atoms with Crippen molar-refractivity contribution in [2.24, 2.45) is 0 Å². The highest BCUT2D eigenvalue weighted by Gasteiger charge is 2.32. The van der Waals surface area contributed by atoms with Crippen LogP contribution in [-0.4, -0.2) is 61.8 Å². The van der Waals surface area contributed by atoms with Gasteiger partial charge < -0.3 is 4.90 Å². The van der Waals surface area contributed by atoms with Gasteiger partial charge in [-0.05, 0) is 30.5 Å². The number of hydrogen-bond acceptors (Lipinski definition) is 4. The van der Waals surface area contributed by atoms with Crippen molar-refractivity contribution in [1.82, 2.24) is 9.80 Å². The molecule has 0 radical (unpaired) electrons. The highest BCUT2D eigenvalue weighted by atomic mass is 32.2. The molecule has 2 fully saturated rings. The van der Waals surface area contributed by atoms with E-state index in [1.807, 2.05) is 11.0 Å². The Hall–Kier alpha value is -1.47. The highest BCUT2D eigenvalue weighted by Crippen LogP contribution is 2.32. The Labute approximate surface area is 136 Å². The maximum absolute atomic E-state index is 13.4. The van der Waals surface area contributed by atoms with Gasteiger partial charge in [0, 0.05) is 19.6 Å². The third-order valence-electron chi connectivity index (χ3n) is 4.60. The number of rotatable bonds is 3. The van der Waals surface area contributed by atoms with Crippen molar-refractivity contribution in [2.45, 2.75) is 18.9 Å². The van der Waals surface area contributed by atoms with Crippen LogP contribution in [0.4, 0.5) is 4.39 Å². The van der Waals surface area contributed by atoms with Gasteiger partial charge >= 0.3 is 0 Å². The van der Waals surface area contributed by atoms with E-state index in [0.29, 0.717) is 19.6 Å². The van der Waals surface area contributed by atoms with Crippen LogP contribution in [0.25, 0.3) is 0 Å². The maximum Gasteiger partial charge on any atom is 0.237 e. The van der Waals surface area contributed by atoms with Crippen LogP contribution >= 0.6 is 0 Å². The van der Waals surface area contributed by atoms with E-state index in [4.69, 9.17) is 0 Å². The zero-order valence-corrected chi connectivity index (χ0v) is 13.8. The smallest absolute Gasteiger partial charge is 0.237 e. The van der Waals surface area contributed by atoms with Crippen LogP contribution in [0.1, 0.15) is 24.4 Å². The van der Waals surface area contributed by atoms with Crippen molar-refractivity contribution in [3.05, 3.63) is 35.6 Å². The summed E-state index contributed by atoms with van der Waals surface area (Å²) in [7, 11) is -2.94. The van der Waals surface area contributed by atoms with E-state index in [0.717, 1.165) is 18.4 Å². The first-order chi connectivity index (χ1) is 10.9. The van der Waals surface area contributed by atoms with Gasteiger partial charge in [-0.1, -0.05) is 12.1 Å². The monoisotopic (exact) mass is 340 g/mol. The van der Waals surface area contributed by atoms with Gasteiger partial charge in [0.25, 0.3) is 0 Å². The van der Waals surface area contributed by atoms with Gasteiger partial charge in [0.05, 0.1) is 24.1 Å². The zero-order valence-electron chi connectivity index (χ0n) is 12.9. The van der Waals surface area contributed by atoms with E-state index < -0.39 is 9.84 Å². The van der Waals surface area contributed by atoms with Crippen molar-refractivity contribution < 1.29 is 17.6 Å². The number of amides is 1. The number of sulfone groups is 1. The molecule has 0 saturated carbocycles. The summed E-state index contributed by atoms with van der Waals surface area (Å²) in [6.07, 6.45) is 1.74. The Morgan fingerprint density at radius 3 is 2.65 bits per heavy atom. The van der Waals surface area contributed by atoms with Crippen molar-refractivity contribution in [1.29, 1.82) is 0 Å². The number of hydrogen-bond donors (Lipinski definition) is 0. The Kier molecular flexibility index (Phi) is 4.68. The summed E-state index contributed by atoms with van der Waals surface area (Å²) in [4.78, 5) is 16.3. The predicted molar refractivity (Wildman–Crippen MR) is 85.2 cm³/mol. The van der Waals surface area contributed by atoms with Crippen LogP contribution in [-0.2, 0) is 14.6 Å². The second-order valence-corrected chi connectivity index (χ2v) is 8.53. The molecule has 1 atom stereocenters.